The molecular weight excluding hydrogens is 268 g/mol. The van der Waals surface area contributed by atoms with Crippen LogP contribution in [-0.2, 0) is 4.79 Å². The lowest BCUT2D eigenvalue weighted by atomic mass is 9.88. The average molecular weight is 296 g/mol. The van der Waals surface area contributed by atoms with Crippen molar-refractivity contribution in [3.8, 4) is 0 Å². The number of hydrogen-bond acceptors (Lipinski definition) is 2. The van der Waals surface area contributed by atoms with Crippen LogP contribution in [-0.4, -0.2) is 41.6 Å². The zero-order valence-corrected chi connectivity index (χ0v) is 13.3. The van der Waals surface area contributed by atoms with Crippen molar-refractivity contribution in [2.24, 2.45) is 23.7 Å². The van der Waals surface area contributed by atoms with E-state index in [0.29, 0.717) is 12.3 Å². The van der Waals surface area contributed by atoms with Gasteiger partial charge in [-0.25, -0.2) is 9.59 Å². The zero-order chi connectivity index (χ0) is 15.6. The molecule has 2 rings (SSSR count). The molecule has 2 bridgehead atoms. The Morgan fingerprint density at radius 1 is 1.29 bits per heavy atom. The van der Waals surface area contributed by atoms with Crippen molar-refractivity contribution in [2.75, 3.05) is 13.6 Å². The Morgan fingerprint density at radius 3 is 2.48 bits per heavy atom. The molecule has 2 aliphatic rings. The third-order valence-corrected chi connectivity index (χ3v) is 5.04. The summed E-state index contributed by atoms with van der Waals surface area (Å²) < 4.78 is 0. The number of hydrogen-bond donors (Lipinski definition) is 2. The Hall–Kier alpha value is -1.26. The molecule has 2 amide bonds. The van der Waals surface area contributed by atoms with Crippen molar-refractivity contribution < 1.29 is 14.7 Å². The minimum Gasteiger partial charge on any atom is -0.480 e. The van der Waals surface area contributed by atoms with Gasteiger partial charge in [-0.05, 0) is 49.4 Å². The van der Waals surface area contributed by atoms with Crippen LogP contribution in [0.15, 0.2) is 0 Å². The number of carbonyl (C=O) groups is 2. The van der Waals surface area contributed by atoms with E-state index < -0.39 is 12.0 Å². The maximum atomic E-state index is 12.2. The van der Waals surface area contributed by atoms with Crippen molar-refractivity contribution in [3.05, 3.63) is 0 Å². The lowest BCUT2D eigenvalue weighted by molar-refractivity contribution is -0.139. The topological polar surface area (TPSA) is 69.6 Å². The summed E-state index contributed by atoms with van der Waals surface area (Å²) in [4.78, 5) is 25.1. The van der Waals surface area contributed by atoms with Gasteiger partial charge in [-0.3, -0.25) is 0 Å². The molecule has 0 heterocycles. The summed E-state index contributed by atoms with van der Waals surface area (Å²) in [6, 6.07) is -1.05. The van der Waals surface area contributed by atoms with E-state index in [1.54, 1.807) is 11.9 Å². The molecule has 4 atom stereocenters. The summed E-state index contributed by atoms with van der Waals surface area (Å²) in [5.74, 6) is 1.53. The molecule has 0 aromatic heterocycles. The van der Waals surface area contributed by atoms with Gasteiger partial charge in [0.05, 0.1) is 0 Å². The Morgan fingerprint density at radius 2 is 2.00 bits per heavy atom. The van der Waals surface area contributed by atoms with E-state index in [1.165, 1.54) is 25.7 Å². The molecule has 5 nitrogen and oxygen atoms in total. The van der Waals surface area contributed by atoms with Gasteiger partial charge in [0.25, 0.3) is 0 Å². The van der Waals surface area contributed by atoms with Crippen LogP contribution < -0.4 is 5.32 Å². The van der Waals surface area contributed by atoms with Gasteiger partial charge in [-0.2, -0.15) is 0 Å². The summed E-state index contributed by atoms with van der Waals surface area (Å²) in [7, 11) is 1.77. The first-order valence-corrected chi connectivity index (χ1v) is 8.11. The van der Waals surface area contributed by atoms with Crippen molar-refractivity contribution >= 4 is 12.0 Å². The summed E-state index contributed by atoms with van der Waals surface area (Å²) in [6.07, 6.45) is 5.67. The largest absolute Gasteiger partial charge is 0.480 e. The number of rotatable bonds is 6. The fourth-order valence-electron chi connectivity index (χ4n) is 3.99. The average Bonchev–Trinajstić information content (AvgIpc) is 2.99. The summed E-state index contributed by atoms with van der Waals surface area (Å²) >= 11 is 0. The Kier molecular flexibility index (Phi) is 5.12. The fourth-order valence-corrected chi connectivity index (χ4v) is 3.99. The molecule has 2 aliphatic carbocycles. The predicted molar refractivity (Wildman–Crippen MR) is 81.0 cm³/mol. The van der Waals surface area contributed by atoms with Gasteiger partial charge in [0, 0.05) is 13.6 Å². The van der Waals surface area contributed by atoms with Crippen molar-refractivity contribution in [1.29, 1.82) is 0 Å². The number of urea groups is 1. The fraction of sp³-hybridized carbons (Fsp3) is 0.875. The number of carboxylic acids is 1. The maximum absolute atomic E-state index is 12.2. The molecule has 0 saturated heterocycles. The first kappa shape index (κ1) is 16.1. The first-order valence-electron chi connectivity index (χ1n) is 8.11. The number of carboxylic acid groups (broad SMARTS) is 1. The highest BCUT2D eigenvalue weighted by Gasteiger charge is 2.40. The van der Waals surface area contributed by atoms with Crippen LogP contribution in [0.1, 0.15) is 46.0 Å². The van der Waals surface area contributed by atoms with Crippen LogP contribution in [0.4, 0.5) is 4.79 Å². The predicted octanol–water partition coefficient (Wildman–Crippen LogP) is 2.56. The van der Waals surface area contributed by atoms with Gasteiger partial charge in [0.15, 0.2) is 0 Å². The quantitative estimate of drug-likeness (QED) is 0.791. The van der Waals surface area contributed by atoms with Crippen LogP contribution >= 0.6 is 0 Å². The molecule has 0 aromatic carbocycles. The van der Waals surface area contributed by atoms with E-state index in [4.69, 9.17) is 0 Å². The first-order chi connectivity index (χ1) is 9.86. The Labute approximate surface area is 127 Å². The van der Waals surface area contributed by atoms with Crippen LogP contribution in [0.5, 0.6) is 0 Å². The van der Waals surface area contributed by atoms with E-state index in [0.717, 1.165) is 18.4 Å². The van der Waals surface area contributed by atoms with Crippen LogP contribution in [0, 0.1) is 23.7 Å². The lowest BCUT2D eigenvalue weighted by Gasteiger charge is -2.28. The number of carbonyl (C=O) groups excluding carboxylic acids is 1. The van der Waals surface area contributed by atoms with Crippen LogP contribution in [0.3, 0.4) is 0 Å². The molecule has 0 spiro atoms. The SMILES string of the molecule is CC(C)CC(NC(=O)N(C)CC1CC2CCC1C2)C(=O)O. The number of fused-ring (bicyclic) bond motifs is 2. The van der Waals surface area contributed by atoms with Gasteiger partial charge in [0.1, 0.15) is 6.04 Å². The summed E-state index contributed by atoms with van der Waals surface area (Å²) in [5.41, 5.74) is 0. The summed E-state index contributed by atoms with van der Waals surface area (Å²) in [6.45, 7) is 4.67. The smallest absolute Gasteiger partial charge is 0.326 e. The molecule has 0 radical (unpaired) electrons. The van der Waals surface area contributed by atoms with Crippen molar-refractivity contribution in [1.82, 2.24) is 10.2 Å². The minimum absolute atomic E-state index is 0.238. The normalized spacial score (nSPS) is 28.7. The second kappa shape index (κ2) is 6.67. The second-order valence-electron chi connectivity index (χ2n) is 7.29. The molecular formula is C16H28N2O3. The zero-order valence-electron chi connectivity index (χ0n) is 13.3. The van der Waals surface area contributed by atoms with E-state index in [1.807, 2.05) is 13.8 Å². The highest BCUT2D eigenvalue weighted by atomic mass is 16.4. The third kappa shape index (κ3) is 4.11. The molecule has 120 valence electrons. The summed E-state index contributed by atoms with van der Waals surface area (Å²) in [5, 5.41) is 11.8. The number of aliphatic carboxylic acids is 1. The molecule has 0 aromatic rings. The lowest BCUT2D eigenvalue weighted by Crippen LogP contribution is -2.48. The molecule has 5 heteroatoms. The highest BCUT2D eigenvalue weighted by molar-refractivity contribution is 5.82. The molecule has 4 unspecified atom stereocenters. The van der Waals surface area contributed by atoms with Crippen LogP contribution in [0.2, 0.25) is 0 Å². The standard InChI is InChI=1S/C16H28N2O3/c1-10(2)6-14(15(19)20)17-16(21)18(3)9-13-8-11-4-5-12(13)7-11/h10-14H,4-9H2,1-3H3,(H,17,21)(H,19,20). The molecule has 21 heavy (non-hydrogen) atoms. The third-order valence-electron chi connectivity index (χ3n) is 5.04. The van der Waals surface area contributed by atoms with Gasteiger partial charge < -0.3 is 15.3 Å². The van der Waals surface area contributed by atoms with E-state index in [2.05, 4.69) is 5.32 Å². The van der Waals surface area contributed by atoms with E-state index >= 15 is 0 Å². The Balaban J connectivity index is 1.82. The van der Waals surface area contributed by atoms with E-state index in [-0.39, 0.29) is 11.9 Å². The molecule has 2 fully saturated rings. The minimum atomic E-state index is -0.953. The number of nitrogens with zero attached hydrogens (tertiary/aromatic N) is 1. The van der Waals surface area contributed by atoms with Crippen LogP contribution in [0.25, 0.3) is 0 Å². The highest BCUT2D eigenvalue weighted by Crippen LogP contribution is 2.48. The monoisotopic (exact) mass is 296 g/mol. The molecule has 2 saturated carbocycles. The van der Waals surface area contributed by atoms with Gasteiger partial charge in [0.2, 0.25) is 0 Å². The Bertz CT molecular complexity index is 397. The van der Waals surface area contributed by atoms with Gasteiger partial charge in [-0.1, -0.05) is 20.3 Å². The number of amides is 2. The maximum Gasteiger partial charge on any atom is 0.326 e. The van der Waals surface area contributed by atoms with Crippen molar-refractivity contribution in [3.63, 3.8) is 0 Å². The van der Waals surface area contributed by atoms with E-state index in [9.17, 15) is 14.7 Å². The molecule has 2 N–H and O–H groups in total. The van der Waals surface area contributed by atoms with Gasteiger partial charge >= 0.3 is 12.0 Å². The molecule has 0 aliphatic heterocycles. The van der Waals surface area contributed by atoms with Crippen molar-refractivity contribution in [2.45, 2.75) is 52.0 Å². The second-order valence-corrected chi connectivity index (χ2v) is 7.29. The number of nitrogens with one attached hydrogen (secondary N) is 1. The van der Waals surface area contributed by atoms with Gasteiger partial charge in [-0.15, -0.1) is 0 Å².